The van der Waals surface area contributed by atoms with Gasteiger partial charge in [0.1, 0.15) is 11.6 Å². The maximum Gasteiger partial charge on any atom is 0.416 e. The van der Waals surface area contributed by atoms with Crippen molar-refractivity contribution in [1.29, 1.82) is 0 Å². The Hall–Kier alpha value is -3.54. The molecule has 0 bridgehead atoms. The third-order valence-corrected chi connectivity index (χ3v) is 5.51. The molecule has 180 valence electrons. The van der Waals surface area contributed by atoms with Crippen molar-refractivity contribution in [3.05, 3.63) is 65.0 Å². The van der Waals surface area contributed by atoms with Crippen LogP contribution < -0.4 is 16.4 Å². The first kappa shape index (κ1) is 25.1. The van der Waals surface area contributed by atoms with Gasteiger partial charge in [0.25, 0.3) is 0 Å². The molecule has 0 aliphatic rings. The molecule has 6 nitrogen and oxygen atoms in total. The number of carbonyl (C=O) groups is 1. The molecule has 0 saturated heterocycles. The van der Waals surface area contributed by atoms with Crippen LogP contribution in [0.1, 0.15) is 24.8 Å². The molecule has 0 radical (unpaired) electrons. The van der Waals surface area contributed by atoms with E-state index < -0.39 is 29.3 Å². The summed E-state index contributed by atoms with van der Waals surface area (Å²) in [5.74, 6) is -2.08. The number of benzene rings is 2. The highest BCUT2D eigenvalue weighted by Gasteiger charge is 2.31. The molecule has 3 aromatic rings. The van der Waals surface area contributed by atoms with E-state index in [1.165, 1.54) is 28.5 Å². The maximum atomic E-state index is 14.2. The molecule has 3 rings (SSSR count). The van der Waals surface area contributed by atoms with E-state index in [1.54, 1.807) is 0 Å². The van der Waals surface area contributed by atoms with Crippen LogP contribution in [0.2, 0.25) is 0 Å². The first-order chi connectivity index (χ1) is 16.1. The van der Waals surface area contributed by atoms with Crippen LogP contribution in [0.15, 0.2) is 52.8 Å². The minimum absolute atomic E-state index is 0.0287. The van der Waals surface area contributed by atoms with Gasteiger partial charge in [0.15, 0.2) is 11.1 Å². The van der Waals surface area contributed by atoms with Gasteiger partial charge in [-0.25, -0.2) is 13.8 Å². The highest BCUT2D eigenvalue weighted by Crippen LogP contribution is 2.36. The molecule has 34 heavy (non-hydrogen) atoms. The number of halogens is 5. The molecule has 2 aromatic carbocycles. The van der Waals surface area contributed by atoms with Gasteiger partial charge < -0.3 is 11.5 Å². The van der Waals surface area contributed by atoms with Crippen molar-refractivity contribution in [3.8, 4) is 11.3 Å². The molecule has 0 unspecified atom stereocenters. The number of unbranched alkanes of at least 4 members (excludes halogenated alkanes) is 1. The van der Waals surface area contributed by atoms with Gasteiger partial charge in [-0.3, -0.25) is 14.7 Å². The van der Waals surface area contributed by atoms with E-state index in [0.717, 1.165) is 29.5 Å². The van der Waals surface area contributed by atoms with Crippen molar-refractivity contribution < 1.29 is 26.7 Å². The van der Waals surface area contributed by atoms with E-state index in [-0.39, 0.29) is 34.5 Å². The van der Waals surface area contributed by atoms with Crippen molar-refractivity contribution in [2.75, 3.05) is 11.4 Å². The van der Waals surface area contributed by atoms with Crippen LogP contribution in [0.3, 0.4) is 0 Å². The summed E-state index contributed by atoms with van der Waals surface area (Å²) in [7, 11) is 0. The number of hydrogen-bond donors (Lipinski definition) is 2. The molecule has 1 aromatic heterocycles. The lowest BCUT2D eigenvalue weighted by Gasteiger charge is -2.20. The van der Waals surface area contributed by atoms with Crippen molar-refractivity contribution in [2.45, 2.75) is 25.4 Å². The number of aliphatic imine (C=N–C) groups is 1. The minimum atomic E-state index is -4.53. The van der Waals surface area contributed by atoms with Crippen LogP contribution in [-0.4, -0.2) is 23.4 Å². The highest BCUT2D eigenvalue weighted by atomic mass is 32.1. The highest BCUT2D eigenvalue weighted by molar-refractivity contribution is 7.14. The molecule has 0 saturated carbocycles. The van der Waals surface area contributed by atoms with Gasteiger partial charge in [-0.05, 0) is 49.2 Å². The molecule has 4 N–H and O–H groups in total. The standard InChI is InChI=1S/C22H20F5N5OS/c23-14-6-9-16(17(24)11-14)18-12-34-21(31-18)32(19(33)3-1-2-10-30-20(28)29)15-7-4-13(5-8-15)22(25,26)27/h4-9,11-12H,1-3,10H2,(H4,28,29,30). The second kappa shape index (κ2) is 10.6. The molecule has 0 spiro atoms. The largest absolute Gasteiger partial charge is 0.416 e. The Morgan fingerprint density at radius 3 is 2.38 bits per heavy atom. The summed E-state index contributed by atoms with van der Waals surface area (Å²) in [6, 6.07) is 7.07. The topological polar surface area (TPSA) is 97.6 Å². The molecule has 0 aliphatic heterocycles. The van der Waals surface area contributed by atoms with E-state index in [2.05, 4.69) is 9.98 Å². The predicted molar refractivity (Wildman–Crippen MR) is 121 cm³/mol. The van der Waals surface area contributed by atoms with Gasteiger partial charge in [0.05, 0.1) is 16.9 Å². The quantitative estimate of drug-likeness (QED) is 0.193. The number of rotatable bonds is 8. The molecule has 0 fully saturated rings. The average molecular weight is 497 g/mol. The summed E-state index contributed by atoms with van der Waals surface area (Å²) in [5, 5.41) is 1.61. The van der Waals surface area contributed by atoms with Crippen molar-refractivity contribution in [1.82, 2.24) is 4.98 Å². The summed E-state index contributed by atoms with van der Waals surface area (Å²) in [5.41, 5.74) is 10.0. The monoisotopic (exact) mass is 497 g/mol. The Morgan fingerprint density at radius 1 is 1.06 bits per heavy atom. The number of aromatic nitrogens is 1. The Morgan fingerprint density at radius 2 is 1.76 bits per heavy atom. The smallest absolute Gasteiger partial charge is 0.370 e. The van der Waals surface area contributed by atoms with Crippen LogP contribution in [0.4, 0.5) is 32.8 Å². The van der Waals surface area contributed by atoms with Gasteiger partial charge in [0, 0.05) is 30.0 Å². The Bertz CT molecular complexity index is 1170. The third-order valence-electron chi connectivity index (χ3n) is 4.69. The molecular formula is C22H20F5N5OS. The molecule has 1 amide bonds. The average Bonchev–Trinajstić information content (AvgIpc) is 3.22. The summed E-state index contributed by atoms with van der Waals surface area (Å²) in [6.07, 6.45) is -3.57. The number of nitrogens with zero attached hydrogens (tertiary/aromatic N) is 3. The van der Waals surface area contributed by atoms with Gasteiger partial charge in [-0.15, -0.1) is 11.3 Å². The van der Waals surface area contributed by atoms with E-state index in [0.29, 0.717) is 25.5 Å². The lowest BCUT2D eigenvalue weighted by Crippen LogP contribution is -2.26. The van der Waals surface area contributed by atoms with Crippen molar-refractivity contribution in [3.63, 3.8) is 0 Å². The van der Waals surface area contributed by atoms with Crippen molar-refractivity contribution >= 4 is 34.0 Å². The lowest BCUT2D eigenvalue weighted by molar-refractivity contribution is -0.137. The Balaban J connectivity index is 1.89. The zero-order chi connectivity index (χ0) is 24.9. The first-order valence-electron chi connectivity index (χ1n) is 10.0. The number of alkyl halides is 3. The fourth-order valence-electron chi connectivity index (χ4n) is 3.06. The number of carbonyl (C=O) groups excluding carboxylic acids is 1. The Kier molecular flexibility index (Phi) is 7.82. The summed E-state index contributed by atoms with van der Waals surface area (Å²) in [6.45, 7) is 0.321. The molecule has 1 heterocycles. The van der Waals surface area contributed by atoms with E-state index >= 15 is 0 Å². The van der Waals surface area contributed by atoms with Crippen LogP contribution in [0.25, 0.3) is 11.3 Å². The van der Waals surface area contributed by atoms with Gasteiger partial charge in [-0.1, -0.05) is 0 Å². The first-order valence-corrected chi connectivity index (χ1v) is 10.9. The van der Waals surface area contributed by atoms with E-state index in [1.807, 2.05) is 0 Å². The normalized spacial score (nSPS) is 11.3. The molecular weight excluding hydrogens is 477 g/mol. The second-order valence-electron chi connectivity index (χ2n) is 7.18. The summed E-state index contributed by atoms with van der Waals surface area (Å²) >= 11 is 1.00. The Labute approximate surface area is 195 Å². The molecule has 0 aliphatic carbocycles. The van der Waals surface area contributed by atoms with E-state index in [4.69, 9.17) is 11.5 Å². The lowest BCUT2D eigenvalue weighted by atomic mass is 10.1. The van der Waals surface area contributed by atoms with E-state index in [9.17, 15) is 26.7 Å². The third kappa shape index (κ3) is 6.28. The number of anilines is 2. The molecule has 0 atom stereocenters. The number of hydrogen-bond acceptors (Lipinski definition) is 4. The summed E-state index contributed by atoms with van der Waals surface area (Å²) < 4.78 is 66.4. The van der Waals surface area contributed by atoms with Crippen molar-refractivity contribution in [2.24, 2.45) is 16.5 Å². The zero-order valence-corrected chi connectivity index (χ0v) is 18.5. The fourth-order valence-corrected chi connectivity index (χ4v) is 3.92. The molecule has 12 heteroatoms. The fraction of sp³-hybridized carbons (Fsp3) is 0.227. The number of amides is 1. The number of thiazole rings is 1. The minimum Gasteiger partial charge on any atom is -0.370 e. The SMILES string of the molecule is NC(N)=NCCCCC(=O)N(c1ccc(C(F)(F)F)cc1)c1nc(-c2ccc(F)cc2F)cs1. The van der Waals surface area contributed by atoms with Gasteiger partial charge in [0.2, 0.25) is 5.91 Å². The number of nitrogens with two attached hydrogens (primary N) is 2. The number of guanidine groups is 1. The van der Waals surface area contributed by atoms with Crippen LogP contribution in [0, 0.1) is 11.6 Å². The zero-order valence-electron chi connectivity index (χ0n) is 17.6. The van der Waals surface area contributed by atoms with Gasteiger partial charge >= 0.3 is 6.18 Å². The van der Waals surface area contributed by atoms with Gasteiger partial charge in [-0.2, -0.15) is 13.2 Å². The van der Waals surface area contributed by atoms with Crippen LogP contribution >= 0.6 is 11.3 Å². The second-order valence-corrected chi connectivity index (χ2v) is 8.01. The maximum absolute atomic E-state index is 14.2. The van der Waals surface area contributed by atoms with Crippen LogP contribution in [-0.2, 0) is 11.0 Å². The summed E-state index contributed by atoms with van der Waals surface area (Å²) in [4.78, 5) is 22.3. The predicted octanol–water partition coefficient (Wildman–Crippen LogP) is 5.22. The van der Waals surface area contributed by atoms with Crippen LogP contribution in [0.5, 0.6) is 0 Å².